The van der Waals surface area contributed by atoms with Crippen LogP contribution in [-0.4, -0.2) is 45.8 Å². The van der Waals surface area contributed by atoms with Crippen LogP contribution in [0.1, 0.15) is 93.4 Å². The molecule has 0 aliphatic heterocycles. The lowest BCUT2D eigenvalue weighted by Crippen LogP contribution is -2.68. The Morgan fingerprint density at radius 3 is 2.35 bits per heavy atom. The zero-order valence-electron chi connectivity index (χ0n) is 22.9. The van der Waals surface area contributed by atoms with Crippen molar-refractivity contribution in [3.05, 3.63) is 23.8 Å². The fraction of sp³-hybridized carbons (Fsp3) is 0.867. The van der Waals surface area contributed by atoms with E-state index in [2.05, 4.69) is 46.8 Å². The van der Waals surface area contributed by atoms with E-state index in [1.165, 1.54) is 12.0 Å². The number of fused-ring (bicyclic) bond motifs is 5. The quantitative estimate of drug-likeness (QED) is 0.450. The highest BCUT2D eigenvalue weighted by Gasteiger charge is 2.71. The molecule has 0 aromatic heterocycles. The number of hydrogen-bond donors (Lipinski definition) is 3. The van der Waals surface area contributed by atoms with Crippen molar-refractivity contribution < 1.29 is 20.1 Å². The van der Waals surface area contributed by atoms with Gasteiger partial charge in [0.2, 0.25) is 0 Å². The van der Waals surface area contributed by atoms with Gasteiger partial charge in [0.25, 0.3) is 0 Å². The molecule has 9 atom stereocenters. The van der Waals surface area contributed by atoms with E-state index in [4.69, 9.17) is 4.74 Å². The Kier molecular flexibility index (Phi) is 6.54. The summed E-state index contributed by atoms with van der Waals surface area (Å²) in [5, 5.41) is 32.6. The third kappa shape index (κ3) is 3.69. The van der Waals surface area contributed by atoms with Crippen molar-refractivity contribution in [2.45, 2.75) is 117 Å². The van der Waals surface area contributed by atoms with Crippen molar-refractivity contribution in [2.75, 3.05) is 7.11 Å². The van der Waals surface area contributed by atoms with Crippen molar-refractivity contribution in [1.82, 2.24) is 0 Å². The topological polar surface area (TPSA) is 69.9 Å². The Hall–Kier alpha value is -0.680. The molecule has 0 aromatic carbocycles. The fourth-order valence-electron chi connectivity index (χ4n) is 9.29. The number of methoxy groups -OCH3 is 1. The summed E-state index contributed by atoms with van der Waals surface area (Å²) in [4.78, 5) is 0. The number of ether oxygens (including phenoxy) is 1. The molecule has 0 saturated heterocycles. The van der Waals surface area contributed by atoms with Gasteiger partial charge in [-0.3, -0.25) is 0 Å². The summed E-state index contributed by atoms with van der Waals surface area (Å²) < 4.78 is 6.55. The first-order valence-corrected chi connectivity index (χ1v) is 13.7. The van der Waals surface area contributed by atoms with Crippen LogP contribution in [0.2, 0.25) is 0 Å². The van der Waals surface area contributed by atoms with Crippen molar-refractivity contribution in [2.24, 2.45) is 39.9 Å². The van der Waals surface area contributed by atoms with Gasteiger partial charge in [-0.1, -0.05) is 58.4 Å². The van der Waals surface area contributed by atoms with Crippen LogP contribution >= 0.6 is 0 Å². The van der Waals surface area contributed by atoms with E-state index in [9.17, 15) is 15.3 Å². The van der Waals surface area contributed by atoms with E-state index >= 15 is 0 Å². The molecule has 0 spiro atoms. The Bertz CT molecular complexity index is 837. The Morgan fingerprint density at radius 1 is 1.06 bits per heavy atom. The normalized spacial score (nSPS) is 47.0. The second-order valence-electron chi connectivity index (χ2n) is 13.9. The molecule has 0 bridgehead atoms. The lowest BCUT2D eigenvalue weighted by atomic mass is 9.41. The van der Waals surface area contributed by atoms with Crippen LogP contribution in [0.15, 0.2) is 23.8 Å². The molecule has 0 heterocycles. The largest absolute Gasteiger partial charge is 0.392 e. The predicted octanol–water partition coefficient (Wildman–Crippen LogP) is 5.66. The molecule has 3 fully saturated rings. The molecule has 3 saturated carbocycles. The molecule has 4 rings (SSSR count). The van der Waals surface area contributed by atoms with Crippen LogP contribution in [0.3, 0.4) is 0 Å². The first-order valence-electron chi connectivity index (χ1n) is 13.7. The summed E-state index contributed by atoms with van der Waals surface area (Å²) in [6.45, 7) is 15.2. The number of hydrogen-bond acceptors (Lipinski definition) is 4. The fourth-order valence-corrected chi connectivity index (χ4v) is 9.29. The molecule has 0 amide bonds. The molecule has 4 aliphatic carbocycles. The van der Waals surface area contributed by atoms with Gasteiger partial charge in [-0.05, 0) is 81.5 Å². The minimum atomic E-state index is -0.770. The summed E-state index contributed by atoms with van der Waals surface area (Å²) in [5.74, 6) is 1.43. The maximum absolute atomic E-state index is 11.8. The SMILES string of the molecule is CO[C@@]12CC[C@]3(C)[C@@H]([C@H](C)C/C=C/C(C)(C)O)CC[C@@]3(C)C1C(O)C=C1C2CC[C@H](O)C1(C)C. The average molecular weight is 475 g/mol. The minimum absolute atomic E-state index is 0.0121. The molecule has 0 radical (unpaired) electrons. The highest BCUT2D eigenvalue weighted by molar-refractivity contribution is 5.34. The molecular formula is C30H50O4. The zero-order valence-corrected chi connectivity index (χ0v) is 22.9. The average Bonchev–Trinajstić information content (AvgIpc) is 3.01. The Morgan fingerprint density at radius 2 is 1.74 bits per heavy atom. The standard InChI is InChI=1S/C30H50O4/c1-19(10-9-14-26(2,3)33)20-13-15-29(7)25-23(31)18-22-21(11-12-24(32)27(22,4)5)30(25,34-8)17-16-28(20,29)6/h9,14,18-21,23-25,31-33H,10-13,15-17H2,1-8H3/b14-9+/t19-,20-,21?,23?,24+,25?,28-,29+,30-/m1/s1. The van der Waals surface area contributed by atoms with Gasteiger partial charge in [0.05, 0.1) is 23.4 Å². The van der Waals surface area contributed by atoms with Gasteiger partial charge < -0.3 is 20.1 Å². The maximum atomic E-state index is 11.8. The molecule has 4 aliphatic rings. The Labute approximate surface area is 207 Å². The van der Waals surface area contributed by atoms with Gasteiger partial charge in [-0.15, -0.1) is 0 Å². The molecule has 34 heavy (non-hydrogen) atoms. The minimum Gasteiger partial charge on any atom is -0.392 e. The highest BCUT2D eigenvalue weighted by atomic mass is 16.5. The van der Waals surface area contributed by atoms with E-state index < -0.39 is 11.7 Å². The molecule has 0 aromatic rings. The summed E-state index contributed by atoms with van der Waals surface area (Å²) in [5.41, 5.74) is -0.132. The van der Waals surface area contributed by atoms with E-state index in [0.717, 1.165) is 38.5 Å². The van der Waals surface area contributed by atoms with Crippen LogP contribution < -0.4 is 0 Å². The van der Waals surface area contributed by atoms with Gasteiger partial charge >= 0.3 is 0 Å². The van der Waals surface area contributed by atoms with Crippen molar-refractivity contribution in [1.29, 1.82) is 0 Å². The van der Waals surface area contributed by atoms with E-state index in [0.29, 0.717) is 11.8 Å². The molecular weight excluding hydrogens is 424 g/mol. The summed E-state index contributed by atoms with van der Waals surface area (Å²) in [7, 11) is 1.86. The second kappa shape index (κ2) is 8.43. The van der Waals surface area contributed by atoms with Gasteiger partial charge in [-0.25, -0.2) is 0 Å². The maximum Gasteiger partial charge on any atom is 0.0805 e. The van der Waals surface area contributed by atoms with Crippen LogP contribution in [-0.2, 0) is 4.74 Å². The van der Waals surface area contributed by atoms with Gasteiger partial charge in [0, 0.05) is 24.4 Å². The lowest BCUT2D eigenvalue weighted by molar-refractivity contribution is -0.235. The van der Waals surface area contributed by atoms with Crippen molar-refractivity contribution in [3.63, 3.8) is 0 Å². The second-order valence-corrected chi connectivity index (χ2v) is 13.9. The highest BCUT2D eigenvalue weighted by Crippen LogP contribution is 2.73. The smallest absolute Gasteiger partial charge is 0.0805 e. The molecule has 3 unspecified atom stereocenters. The van der Waals surface area contributed by atoms with Gasteiger partial charge in [0.1, 0.15) is 0 Å². The first kappa shape index (κ1) is 26.4. The predicted molar refractivity (Wildman–Crippen MR) is 137 cm³/mol. The van der Waals surface area contributed by atoms with Crippen LogP contribution in [0, 0.1) is 39.9 Å². The molecule has 4 heteroatoms. The van der Waals surface area contributed by atoms with Crippen LogP contribution in [0.5, 0.6) is 0 Å². The van der Waals surface area contributed by atoms with Crippen molar-refractivity contribution in [3.8, 4) is 0 Å². The molecule has 4 nitrogen and oxygen atoms in total. The number of aliphatic hydroxyl groups is 3. The monoisotopic (exact) mass is 474 g/mol. The zero-order chi connectivity index (χ0) is 25.3. The van der Waals surface area contributed by atoms with Crippen LogP contribution in [0.25, 0.3) is 0 Å². The van der Waals surface area contributed by atoms with Gasteiger partial charge in [0.15, 0.2) is 0 Å². The number of aliphatic hydroxyl groups excluding tert-OH is 2. The number of rotatable bonds is 5. The third-order valence-corrected chi connectivity index (χ3v) is 11.4. The number of allylic oxidation sites excluding steroid dienone is 1. The van der Waals surface area contributed by atoms with Crippen LogP contribution in [0.4, 0.5) is 0 Å². The first-order chi connectivity index (χ1) is 15.6. The van der Waals surface area contributed by atoms with E-state index in [1.807, 2.05) is 27.0 Å². The molecule has 194 valence electrons. The summed E-state index contributed by atoms with van der Waals surface area (Å²) in [6, 6.07) is 0. The van der Waals surface area contributed by atoms with E-state index in [1.54, 1.807) is 0 Å². The van der Waals surface area contributed by atoms with E-state index in [-0.39, 0.29) is 39.8 Å². The Balaban J connectivity index is 1.70. The summed E-state index contributed by atoms with van der Waals surface area (Å²) in [6.07, 6.45) is 12.4. The molecule has 3 N–H and O–H groups in total. The third-order valence-electron chi connectivity index (χ3n) is 11.4. The lowest BCUT2D eigenvalue weighted by Gasteiger charge is -2.66. The van der Waals surface area contributed by atoms with Gasteiger partial charge in [-0.2, -0.15) is 0 Å². The van der Waals surface area contributed by atoms with Crippen molar-refractivity contribution >= 4 is 0 Å². The summed E-state index contributed by atoms with van der Waals surface area (Å²) >= 11 is 0.